The fourth-order valence-electron chi connectivity index (χ4n) is 3.03. The lowest BCUT2D eigenvalue weighted by Crippen LogP contribution is -2.54. The van der Waals surface area contributed by atoms with Gasteiger partial charge >= 0.3 is 0 Å². The summed E-state index contributed by atoms with van der Waals surface area (Å²) in [5.41, 5.74) is -0.598. The molecule has 7 heteroatoms. The predicted molar refractivity (Wildman–Crippen MR) is 89.6 cm³/mol. The van der Waals surface area contributed by atoms with E-state index in [2.05, 4.69) is 15.5 Å². The van der Waals surface area contributed by atoms with E-state index in [0.29, 0.717) is 0 Å². The van der Waals surface area contributed by atoms with Crippen molar-refractivity contribution in [1.82, 2.24) is 15.5 Å². The van der Waals surface area contributed by atoms with E-state index in [1.807, 2.05) is 0 Å². The third-order valence-corrected chi connectivity index (χ3v) is 4.35. The van der Waals surface area contributed by atoms with Crippen molar-refractivity contribution in [2.75, 3.05) is 46.4 Å². The molecule has 2 fully saturated rings. The predicted octanol–water partition coefficient (Wildman–Crippen LogP) is 1.20. The van der Waals surface area contributed by atoms with Crippen molar-refractivity contribution >= 4 is 30.7 Å². The van der Waals surface area contributed by atoms with Crippen molar-refractivity contribution in [1.29, 1.82) is 0 Å². The van der Waals surface area contributed by atoms with Crippen LogP contribution in [-0.2, 0) is 9.53 Å². The fourth-order valence-corrected chi connectivity index (χ4v) is 3.03. The molecule has 2 N–H and O–H groups in total. The standard InChI is InChI=1S/C14H27N3O2.2ClH/c1-19-14(5-8-15-9-6-14)13(18)16-7-4-12-17-10-2-3-11-17;;/h15H,2-12H2,1H3,(H,16,18);2*1H. The molecule has 1 amide bonds. The van der Waals surface area contributed by atoms with E-state index < -0.39 is 5.60 Å². The molecule has 0 spiro atoms. The number of nitrogens with one attached hydrogen (secondary N) is 2. The third kappa shape index (κ3) is 5.91. The zero-order valence-corrected chi connectivity index (χ0v) is 14.5. The highest BCUT2D eigenvalue weighted by Gasteiger charge is 2.39. The Balaban J connectivity index is 0.00000200. The smallest absolute Gasteiger partial charge is 0.252 e. The molecule has 0 saturated carbocycles. The van der Waals surface area contributed by atoms with Gasteiger partial charge in [0.15, 0.2) is 0 Å². The van der Waals surface area contributed by atoms with Crippen LogP contribution in [0.1, 0.15) is 32.1 Å². The Bertz CT molecular complexity index is 294. The number of nitrogens with zero attached hydrogens (tertiary/aromatic N) is 1. The molecule has 2 aliphatic heterocycles. The first-order valence-corrected chi connectivity index (χ1v) is 7.53. The van der Waals surface area contributed by atoms with Crippen LogP contribution in [0.5, 0.6) is 0 Å². The number of amides is 1. The Kier molecular flexibility index (Phi) is 10.6. The van der Waals surface area contributed by atoms with Gasteiger partial charge < -0.3 is 20.3 Å². The number of piperidine rings is 1. The zero-order chi connectivity index (χ0) is 13.6. The van der Waals surface area contributed by atoms with Crippen LogP contribution in [0.15, 0.2) is 0 Å². The number of halogens is 2. The highest BCUT2D eigenvalue weighted by atomic mass is 35.5. The zero-order valence-electron chi connectivity index (χ0n) is 12.9. The number of hydrogen-bond donors (Lipinski definition) is 2. The number of likely N-dealkylation sites (tertiary alicyclic amines) is 1. The molecule has 0 aromatic rings. The van der Waals surface area contributed by atoms with E-state index in [0.717, 1.165) is 45.4 Å². The lowest BCUT2D eigenvalue weighted by molar-refractivity contribution is -0.146. The van der Waals surface area contributed by atoms with Gasteiger partial charge in [0.2, 0.25) is 0 Å². The van der Waals surface area contributed by atoms with Crippen LogP contribution in [-0.4, -0.2) is 62.8 Å². The molecule has 0 bridgehead atoms. The molecular formula is C14H29Cl2N3O2. The molecule has 0 aliphatic carbocycles. The minimum Gasteiger partial charge on any atom is -0.368 e. The molecule has 2 rings (SSSR count). The average Bonchev–Trinajstić information content (AvgIpc) is 2.97. The number of carbonyl (C=O) groups is 1. The van der Waals surface area contributed by atoms with Gasteiger partial charge in [-0.25, -0.2) is 0 Å². The largest absolute Gasteiger partial charge is 0.368 e. The summed E-state index contributed by atoms with van der Waals surface area (Å²) >= 11 is 0. The van der Waals surface area contributed by atoms with Crippen molar-refractivity contribution in [2.45, 2.75) is 37.7 Å². The van der Waals surface area contributed by atoms with Crippen LogP contribution in [0, 0.1) is 0 Å². The molecule has 0 aromatic carbocycles. The first-order valence-electron chi connectivity index (χ1n) is 7.53. The van der Waals surface area contributed by atoms with Crippen LogP contribution >= 0.6 is 24.8 Å². The van der Waals surface area contributed by atoms with Crippen LogP contribution in [0.2, 0.25) is 0 Å². The maximum absolute atomic E-state index is 12.3. The van der Waals surface area contributed by atoms with E-state index in [4.69, 9.17) is 4.74 Å². The third-order valence-electron chi connectivity index (χ3n) is 4.35. The van der Waals surface area contributed by atoms with Gasteiger partial charge in [-0.2, -0.15) is 0 Å². The maximum atomic E-state index is 12.3. The van der Waals surface area contributed by atoms with E-state index >= 15 is 0 Å². The van der Waals surface area contributed by atoms with E-state index in [1.165, 1.54) is 25.9 Å². The molecule has 0 atom stereocenters. The van der Waals surface area contributed by atoms with E-state index in [9.17, 15) is 4.79 Å². The molecule has 0 aromatic heterocycles. The summed E-state index contributed by atoms with van der Waals surface area (Å²) in [5, 5.41) is 6.32. The summed E-state index contributed by atoms with van der Waals surface area (Å²) < 4.78 is 5.51. The van der Waals surface area contributed by atoms with Gasteiger partial charge in [0.1, 0.15) is 5.60 Å². The number of ether oxygens (including phenoxy) is 1. The van der Waals surface area contributed by atoms with Crippen molar-refractivity contribution < 1.29 is 9.53 Å². The van der Waals surface area contributed by atoms with Crippen LogP contribution in [0.4, 0.5) is 0 Å². The molecule has 0 unspecified atom stereocenters. The molecule has 5 nitrogen and oxygen atoms in total. The van der Waals surface area contributed by atoms with Crippen LogP contribution in [0.3, 0.4) is 0 Å². The topological polar surface area (TPSA) is 53.6 Å². The van der Waals surface area contributed by atoms with Crippen LogP contribution in [0.25, 0.3) is 0 Å². The summed E-state index contributed by atoms with van der Waals surface area (Å²) in [5.74, 6) is 0.0675. The summed E-state index contributed by atoms with van der Waals surface area (Å²) in [6.07, 6.45) is 5.21. The Hall–Kier alpha value is -0.0700. The Morgan fingerprint density at radius 1 is 1.24 bits per heavy atom. The number of methoxy groups -OCH3 is 1. The minimum absolute atomic E-state index is 0. The van der Waals surface area contributed by atoms with Crippen LogP contribution < -0.4 is 10.6 Å². The van der Waals surface area contributed by atoms with Crippen molar-refractivity contribution in [2.24, 2.45) is 0 Å². The maximum Gasteiger partial charge on any atom is 0.252 e. The van der Waals surface area contributed by atoms with Gasteiger partial charge in [0.25, 0.3) is 5.91 Å². The first kappa shape index (κ1) is 20.9. The Morgan fingerprint density at radius 3 is 2.43 bits per heavy atom. The normalized spacial score (nSPS) is 21.2. The van der Waals surface area contributed by atoms with Gasteiger partial charge in [0.05, 0.1) is 0 Å². The monoisotopic (exact) mass is 341 g/mol. The molecule has 0 radical (unpaired) electrons. The number of carbonyl (C=O) groups excluding carboxylic acids is 1. The van der Waals surface area contributed by atoms with Gasteiger partial charge in [-0.3, -0.25) is 4.79 Å². The molecular weight excluding hydrogens is 313 g/mol. The quantitative estimate of drug-likeness (QED) is 0.713. The summed E-state index contributed by atoms with van der Waals surface area (Å²) in [4.78, 5) is 14.7. The van der Waals surface area contributed by atoms with Gasteiger partial charge in [-0.05, 0) is 64.8 Å². The first-order chi connectivity index (χ1) is 9.27. The summed E-state index contributed by atoms with van der Waals surface area (Å²) in [6, 6.07) is 0. The molecule has 2 saturated heterocycles. The fraction of sp³-hybridized carbons (Fsp3) is 0.929. The van der Waals surface area contributed by atoms with Gasteiger partial charge in [0, 0.05) is 13.7 Å². The van der Waals surface area contributed by atoms with Crippen molar-refractivity contribution in [3.8, 4) is 0 Å². The minimum atomic E-state index is -0.598. The van der Waals surface area contributed by atoms with Gasteiger partial charge in [-0.15, -0.1) is 24.8 Å². The summed E-state index contributed by atoms with van der Waals surface area (Å²) in [7, 11) is 1.65. The van der Waals surface area contributed by atoms with E-state index in [-0.39, 0.29) is 30.7 Å². The van der Waals surface area contributed by atoms with E-state index in [1.54, 1.807) is 7.11 Å². The van der Waals surface area contributed by atoms with Gasteiger partial charge in [-0.1, -0.05) is 0 Å². The summed E-state index contributed by atoms with van der Waals surface area (Å²) in [6.45, 7) is 6.02. The highest BCUT2D eigenvalue weighted by Crippen LogP contribution is 2.22. The van der Waals surface area contributed by atoms with Crippen molar-refractivity contribution in [3.63, 3.8) is 0 Å². The van der Waals surface area contributed by atoms with Crippen molar-refractivity contribution in [3.05, 3.63) is 0 Å². The number of hydrogen-bond acceptors (Lipinski definition) is 4. The second-order valence-corrected chi connectivity index (χ2v) is 5.61. The second kappa shape index (κ2) is 10.6. The average molecular weight is 342 g/mol. The molecule has 2 aliphatic rings. The lowest BCUT2D eigenvalue weighted by Gasteiger charge is -2.34. The Labute approximate surface area is 140 Å². The molecule has 126 valence electrons. The number of rotatable bonds is 6. The second-order valence-electron chi connectivity index (χ2n) is 5.61. The highest BCUT2D eigenvalue weighted by molar-refractivity contribution is 5.86. The Morgan fingerprint density at radius 2 is 1.86 bits per heavy atom. The SMILES string of the molecule is COC1(C(=O)NCCCN2CCCC2)CCNCC1.Cl.Cl. The molecule has 21 heavy (non-hydrogen) atoms. The lowest BCUT2D eigenvalue weighted by atomic mass is 9.91. The molecule has 2 heterocycles.